The molecule has 2 aliphatic heterocycles. The number of benzene rings is 2. The lowest BCUT2D eigenvalue weighted by atomic mass is 10.1. The number of amides is 3. The molecule has 2 aliphatic rings. The van der Waals surface area contributed by atoms with E-state index >= 15 is 0 Å². The molecule has 4 rings (SSSR count). The fourth-order valence-electron chi connectivity index (χ4n) is 4.18. The van der Waals surface area contributed by atoms with Crippen molar-refractivity contribution in [2.24, 2.45) is 5.92 Å². The number of morpholine rings is 1. The van der Waals surface area contributed by atoms with Crippen molar-refractivity contribution in [3.05, 3.63) is 65.7 Å². The number of rotatable bonds is 8. The summed E-state index contributed by atoms with van der Waals surface area (Å²) in [4.78, 5) is 42.1. The Morgan fingerprint density at radius 3 is 2.52 bits per heavy atom. The number of nitrogens with zero attached hydrogens (tertiary/aromatic N) is 2. The van der Waals surface area contributed by atoms with Gasteiger partial charge in [-0.25, -0.2) is 0 Å². The Morgan fingerprint density at radius 2 is 1.73 bits per heavy atom. The topological polar surface area (TPSA) is 91.0 Å². The molecule has 8 nitrogen and oxygen atoms in total. The van der Waals surface area contributed by atoms with Crippen LogP contribution in [0.2, 0.25) is 0 Å². The van der Waals surface area contributed by atoms with E-state index in [0.29, 0.717) is 30.9 Å². The number of hydrogen-bond donors (Lipinski definition) is 2. The minimum Gasteiger partial charge on any atom is -0.379 e. The summed E-state index contributed by atoms with van der Waals surface area (Å²) < 4.78 is 5.34. The van der Waals surface area contributed by atoms with E-state index in [-0.39, 0.29) is 24.1 Å². The first-order valence-corrected chi connectivity index (χ1v) is 11.4. The van der Waals surface area contributed by atoms with Crippen LogP contribution in [-0.4, -0.2) is 73.5 Å². The van der Waals surface area contributed by atoms with Gasteiger partial charge in [0.15, 0.2) is 0 Å². The van der Waals surface area contributed by atoms with Gasteiger partial charge in [0, 0.05) is 45.7 Å². The van der Waals surface area contributed by atoms with E-state index in [4.69, 9.17) is 4.74 Å². The highest BCUT2D eigenvalue weighted by molar-refractivity contribution is 6.05. The Bertz CT molecular complexity index is 975. The van der Waals surface area contributed by atoms with Gasteiger partial charge in [0.05, 0.1) is 30.4 Å². The summed E-state index contributed by atoms with van der Waals surface area (Å²) in [5.74, 6) is -0.952. The zero-order chi connectivity index (χ0) is 23.0. The van der Waals surface area contributed by atoms with Crippen molar-refractivity contribution < 1.29 is 19.1 Å². The summed E-state index contributed by atoms with van der Waals surface area (Å²) >= 11 is 0. The van der Waals surface area contributed by atoms with Crippen LogP contribution in [0.3, 0.4) is 0 Å². The van der Waals surface area contributed by atoms with Crippen molar-refractivity contribution in [3.63, 3.8) is 0 Å². The number of ether oxygens (including phenoxy) is 1. The van der Waals surface area contributed by atoms with E-state index in [1.807, 2.05) is 30.3 Å². The summed E-state index contributed by atoms with van der Waals surface area (Å²) in [5.41, 5.74) is 1.91. The molecule has 0 radical (unpaired) electrons. The smallest absolute Gasteiger partial charge is 0.253 e. The lowest BCUT2D eigenvalue weighted by molar-refractivity contribution is -0.128. The normalized spacial score (nSPS) is 18.8. The van der Waals surface area contributed by atoms with Gasteiger partial charge in [0.1, 0.15) is 0 Å². The predicted molar refractivity (Wildman–Crippen MR) is 125 cm³/mol. The molecular formula is C25H30N4O4. The first-order chi connectivity index (χ1) is 16.1. The minimum absolute atomic E-state index is 0.0341. The Labute approximate surface area is 193 Å². The maximum Gasteiger partial charge on any atom is 0.253 e. The Balaban J connectivity index is 1.31. The molecule has 0 saturated carbocycles. The van der Waals surface area contributed by atoms with E-state index in [2.05, 4.69) is 15.5 Å². The molecule has 3 amide bonds. The number of nitrogens with one attached hydrogen (secondary N) is 2. The number of anilines is 1. The average molecular weight is 451 g/mol. The summed E-state index contributed by atoms with van der Waals surface area (Å²) in [6, 6.07) is 16.7. The third kappa shape index (κ3) is 6.18. The standard InChI is InChI=1S/C25H30N4O4/c30-23-16-20(18-29(23)17-19-6-2-1-3-7-19)24(31)27-22-9-5-4-8-21(22)25(32)26-10-11-28-12-14-33-15-13-28/h1-9,20H,10-18H2,(H,26,32)(H,27,31)/t20-/m0/s1. The van der Waals surface area contributed by atoms with Crippen molar-refractivity contribution in [2.75, 3.05) is 51.3 Å². The molecule has 33 heavy (non-hydrogen) atoms. The molecule has 0 unspecified atom stereocenters. The average Bonchev–Trinajstić information content (AvgIpc) is 3.21. The Hall–Kier alpha value is -3.23. The largest absolute Gasteiger partial charge is 0.379 e. The molecule has 0 spiro atoms. The zero-order valence-electron chi connectivity index (χ0n) is 18.7. The van der Waals surface area contributed by atoms with Crippen LogP contribution in [0, 0.1) is 5.92 Å². The van der Waals surface area contributed by atoms with Crippen LogP contribution < -0.4 is 10.6 Å². The summed E-state index contributed by atoms with van der Waals surface area (Å²) in [5, 5.41) is 5.81. The number of likely N-dealkylation sites (tertiary alicyclic amines) is 1. The highest BCUT2D eigenvalue weighted by Gasteiger charge is 2.34. The van der Waals surface area contributed by atoms with Gasteiger partial charge in [0.25, 0.3) is 5.91 Å². The number of para-hydroxylation sites is 1. The zero-order valence-corrected chi connectivity index (χ0v) is 18.7. The quantitative estimate of drug-likeness (QED) is 0.639. The van der Waals surface area contributed by atoms with Crippen molar-refractivity contribution in [3.8, 4) is 0 Å². The lowest BCUT2D eigenvalue weighted by Crippen LogP contribution is -2.41. The van der Waals surface area contributed by atoms with Gasteiger partial charge >= 0.3 is 0 Å². The van der Waals surface area contributed by atoms with E-state index in [1.165, 1.54) is 0 Å². The van der Waals surface area contributed by atoms with Crippen LogP contribution in [-0.2, 0) is 20.9 Å². The van der Waals surface area contributed by atoms with Crippen LogP contribution in [0.5, 0.6) is 0 Å². The van der Waals surface area contributed by atoms with Crippen LogP contribution in [0.4, 0.5) is 5.69 Å². The third-order valence-corrected chi connectivity index (χ3v) is 6.05. The molecule has 1 atom stereocenters. The first kappa shape index (κ1) is 22.9. The van der Waals surface area contributed by atoms with Crippen LogP contribution in [0.25, 0.3) is 0 Å². The third-order valence-electron chi connectivity index (χ3n) is 6.05. The summed E-state index contributed by atoms with van der Waals surface area (Å²) in [6.07, 6.45) is 0.173. The van der Waals surface area contributed by atoms with Gasteiger partial charge in [-0.1, -0.05) is 42.5 Å². The molecule has 2 aromatic rings. The van der Waals surface area contributed by atoms with Gasteiger partial charge < -0.3 is 20.3 Å². The molecule has 2 aromatic carbocycles. The van der Waals surface area contributed by atoms with E-state index in [1.54, 1.807) is 29.2 Å². The van der Waals surface area contributed by atoms with E-state index < -0.39 is 5.92 Å². The second-order valence-corrected chi connectivity index (χ2v) is 8.41. The Kier molecular flexibility index (Phi) is 7.70. The lowest BCUT2D eigenvalue weighted by Gasteiger charge is -2.26. The molecule has 0 bridgehead atoms. The second kappa shape index (κ2) is 11.1. The van der Waals surface area contributed by atoms with Crippen LogP contribution in [0.1, 0.15) is 22.3 Å². The van der Waals surface area contributed by atoms with Gasteiger partial charge in [-0.3, -0.25) is 19.3 Å². The molecule has 2 heterocycles. The first-order valence-electron chi connectivity index (χ1n) is 11.4. The van der Waals surface area contributed by atoms with Gasteiger partial charge in [0.2, 0.25) is 11.8 Å². The number of carbonyl (C=O) groups is 3. The van der Waals surface area contributed by atoms with Crippen molar-refractivity contribution in [1.82, 2.24) is 15.1 Å². The maximum atomic E-state index is 12.9. The molecule has 2 N–H and O–H groups in total. The highest BCUT2D eigenvalue weighted by atomic mass is 16.5. The maximum absolute atomic E-state index is 12.9. The van der Waals surface area contributed by atoms with Crippen molar-refractivity contribution in [1.29, 1.82) is 0 Å². The van der Waals surface area contributed by atoms with Gasteiger partial charge in [-0.05, 0) is 17.7 Å². The minimum atomic E-state index is -0.446. The fraction of sp³-hybridized carbons (Fsp3) is 0.400. The van der Waals surface area contributed by atoms with Gasteiger partial charge in [-0.2, -0.15) is 0 Å². The highest BCUT2D eigenvalue weighted by Crippen LogP contribution is 2.23. The fourth-order valence-corrected chi connectivity index (χ4v) is 4.18. The number of carbonyl (C=O) groups excluding carboxylic acids is 3. The van der Waals surface area contributed by atoms with Crippen molar-refractivity contribution >= 4 is 23.4 Å². The number of hydrogen-bond acceptors (Lipinski definition) is 5. The van der Waals surface area contributed by atoms with E-state index in [9.17, 15) is 14.4 Å². The predicted octanol–water partition coefficient (Wildman–Crippen LogP) is 1.74. The Morgan fingerprint density at radius 1 is 1.00 bits per heavy atom. The van der Waals surface area contributed by atoms with Crippen LogP contribution in [0.15, 0.2) is 54.6 Å². The SMILES string of the molecule is O=C(NCCN1CCOCC1)c1ccccc1NC(=O)[C@H]1CC(=O)N(Cc2ccccc2)C1. The molecule has 2 fully saturated rings. The molecule has 0 aliphatic carbocycles. The summed E-state index contributed by atoms with van der Waals surface area (Å²) in [6.45, 7) is 5.30. The molecule has 174 valence electrons. The van der Waals surface area contributed by atoms with Gasteiger partial charge in [-0.15, -0.1) is 0 Å². The monoisotopic (exact) mass is 450 g/mol. The summed E-state index contributed by atoms with van der Waals surface area (Å²) in [7, 11) is 0. The molecule has 0 aromatic heterocycles. The van der Waals surface area contributed by atoms with Crippen molar-refractivity contribution in [2.45, 2.75) is 13.0 Å². The molecule has 2 saturated heterocycles. The van der Waals surface area contributed by atoms with E-state index in [0.717, 1.165) is 38.4 Å². The molecular weight excluding hydrogens is 420 g/mol. The molecule has 8 heteroatoms. The second-order valence-electron chi connectivity index (χ2n) is 8.41. The van der Waals surface area contributed by atoms with Crippen LogP contribution >= 0.6 is 0 Å².